The first-order valence-electron chi connectivity index (χ1n) is 5.37. The number of hydrogen-bond donors (Lipinski definition) is 2. The van der Waals surface area contributed by atoms with Crippen molar-refractivity contribution in [2.75, 3.05) is 12.3 Å². The van der Waals surface area contributed by atoms with E-state index in [-0.39, 0.29) is 0 Å². The highest BCUT2D eigenvalue weighted by Gasteiger charge is 2.16. The summed E-state index contributed by atoms with van der Waals surface area (Å²) in [5.41, 5.74) is 9.51. The van der Waals surface area contributed by atoms with E-state index in [1.54, 1.807) is 0 Å². The number of rotatable bonds is 1. The highest BCUT2D eigenvalue weighted by molar-refractivity contribution is 5.54. The Bertz CT molecular complexity index is 314. The number of hydrogen-bond acceptors (Lipinski definition) is 2. The smallest absolute Gasteiger partial charge is 0.0392 e. The summed E-state index contributed by atoms with van der Waals surface area (Å²) in [7, 11) is 0. The molecule has 0 radical (unpaired) electrons. The topological polar surface area (TPSA) is 38.0 Å². The summed E-state index contributed by atoms with van der Waals surface area (Å²) >= 11 is 0. The van der Waals surface area contributed by atoms with Gasteiger partial charge >= 0.3 is 0 Å². The molecule has 0 amide bonds. The van der Waals surface area contributed by atoms with E-state index in [9.17, 15) is 0 Å². The van der Waals surface area contributed by atoms with Gasteiger partial charge in [-0.2, -0.15) is 0 Å². The largest absolute Gasteiger partial charge is 0.398 e. The Balaban J connectivity index is 2.26. The quantitative estimate of drug-likeness (QED) is 0.667. The fourth-order valence-electron chi connectivity index (χ4n) is 2.12. The first-order valence-corrected chi connectivity index (χ1v) is 5.37. The van der Waals surface area contributed by atoms with E-state index in [4.69, 9.17) is 5.73 Å². The van der Waals surface area contributed by atoms with Crippen molar-refractivity contribution in [2.24, 2.45) is 0 Å². The highest BCUT2D eigenvalue weighted by Crippen LogP contribution is 2.28. The molecule has 2 heteroatoms. The molecule has 1 aliphatic heterocycles. The lowest BCUT2D eigenvalue weighted by molar-refractivity contribution is 0.413. The number of piperidine rings is 1. The van der Waals surface area contributed by atoms with Gasteiger partial charge in [0, 0.05) is 11.7 Å². The van der Waals surface area contributed by atoms with Crippen LogP contribution in [0.25, 0.3) is 0 Å². The number of nitrogens with one attached hydrogen (secondary N) is 1. The van der Waals surface area contributed by atoms with Gasteiger partial charge in [0.25, 0.3) is 0 Å². The molecule has 1 aromatic carbocycles. The highest BCUT2D eigenvalue weighted by atomic mass is 14.9. The average molecular weight is 190 g/mol. The van der Waals surface area contributed by atoms with Crippen molar-refractivity contribution in [1.29, 1.82) is 0 Å². The molecule has 1 saturated heterocycles. The van der Waals surface area contributed by atoms with Crippen LogP contribution in [0.2, 0.25) is 0 Å². The predicted octanol–water partition coefficient (Wildman–Crippen LogP) is 2.39. The van der Waals surface area contributed by atoms with Crippen LogP contribution in [0, 0.1) is 6.92 Å². The Kier molecular flexibility index (Phi) is 2.73. The van der Waals surface area contributed by atoms with Crippen LogP contribution in [0.4, 0.5) is 5.69 Å². The molecule has 0 aromatic heterocycles. The second kappa shape index (κ2) is 4.01. The summed E-state index contributed by atoms with van der Waals surface area (Å²) in [5, 5.41) is 3.52. The van der Waals surface area contributed by atoms with Crippen molar-refractivity contribution in [3.8, 4) is 0 Å². The van der Waals surface area contributed by atoms with E-state index in [1.165, 1.54) is 30.4 Å². The zero-order valence-electron chi connectivity index (χ0n) is 8.72. The molecule has 0 spiro atoms. The zero-order valence-corrected chi connectivity index (χ0v) is 8.72. The van der Waals surface area contributed by atoms with Crippen LogP contribution >= 0.6 is 0 Å². The van der Waals surface area contributed by atoms with E-state index < -0.39 is 0 Å². The molecule has 1 atom stereocenters. The first kappa shape index (κ1) is 9.53. The van der Waals surface area contributed by atoms with Crippen molar-refractivity contribution < 1.29 is 0 Å². The van der Waals surface area contributed by atoms with E-state index in [2.05, 4.69) is 30.4 Å². The molecular formula is C12H18N2. The minimum atomic E-state index is 0.476. The van der Waals surface area contributed by atoms with Crippen LogP contribution in [0.3, 0.4) is 0 Å². The van der Waals surface area contributed by atoms with Gasteiger partial charge in [-0.1, -0.05) is 24.6 Å². The average Bonchev–Trinajstić information content (AvgIpc) is 2.23. The Morgan fingerprint density at radius 3 is 2.93 bits per heavy atom. The fourth-order valence-corrected chi connectivity index (χ4v) is 2.12. The van der Waals surface area contributed by atoms with Crippen LogP contribution in [0.5, 0.6) is 0 Å². The van der Waals surface area contributed by atoms with Crippen molar-refractivity contribution in [1.82, 2.24) is 5.32 Å². The van der Waals surface area contributed by atoms with Gasteiger partial charge in [0.15, 0.2) is 0 Å². The molecule has 1 unspecified atom stereocenters. The third kappa shape index (κ3) is 1.75. The summed E-state index contributed by atoms with van der Waals surface area (Å²) in [6.45, 7) is 3.19. The Morgan fingerprint density at radius 2 is 2.21 bits per heavy atom. The van der Waals surface area contributed by atoms with Crippen molar-refractivity contribution in [2.45, 2.75) is 32.2 Å². The molecule has 2 nitrogen and oxygen atoms in total. The molecule has 1 aliphatic rings. The first-order chi connectivity index (χ1) is 6.79. The van der Waals surface area contributed by atoms with Crippen molar-refractivity contribution in [3.63, 3.8) is 0 Å². The van der Waals surface area contributed by atoms with Gasteiger partial charge in [0.2, 0.25) is 0 Å². The lowest BCUT2D eigenvalue weighted by Gasteiger charge is -2.25. The number of para-hydroxylation sites is 1. The van der Waals surface area contributed by atoms with Gasteiger partial charge < -0.3 is 11.1 Å². The van der Waals surface area contributed by atoms with Crippen LogP contribution in [0.15, 0.2) is 18.2 Å². The van der Waals surface area contributed by atoms with Crippen LogP contribution in [0.1, 0.15) is 36.4 Å². The Labute approximate surface area is 85.5 Å². The number of nitrogen functional groups attached to an aromatic ring is 1. The molecule has 0 aliphatic carbocycles. The molecule has 14 heavy (non-hydrogen) atoms. The second-order valence-corrected chi connectivity index (χ2v) is 4.08. The zero-order chi connectivity index (χ0) is 9.97. The molecular weight excluding hydrogens is 172 g/mol. The van der Waals surface area contributed by atoms with E-state index in [0.717, 1.165) is 12.2 Å². The predicted molar refractivity (Wildman–Crippen MR) is 60.2 cm³/mol. The molecule has 2 rings (SSSR count). The molecule has 0 saturated carbocycles. The van der Waals surface area contributed by atoms with E-state index in [0.29, 0.717) is 6.04 Å². The lowest BCUT2D eigenvalue weighted by atomic mass is 9.95. The number of nitrogens with two attached hydrogens (primary N) is 1. The van der Waals surface area contributed by atoms with Crippen LogP contribution in [-0.4, -0.2) is 6.54 Å². The van der Waals surface area contributed by atoms with Gasteiger partial charge in [-0.05, 0) is 37.4 Å². The van der Waals surface area contributed by atoms with Crippen molar-refractivity contribution >= 4 is 5.69 Å². The summed E-state index contributed by atoms with van der Waals surface area (Å²) in [4.78, 5) is 0. The molecule has 1 fully saturated rings. The fraction of sp³-hybridized carbons (Fsp3) is 0.500. The minimum Gasteiger partial charge on any atom is -0.398 e. The number of benzene rings is 1. The molecule has 3 N–H and O–H groups in total. The Hall–Kier alpha value is -1.02. The maximum Gasteiger partial charge on any atom is 0.0392 e. The summed E-state index contributed by atoms with van der Waals surface area (Å²) in [5.74, 6) is 0. The standard InChI is InChI=1S/C12H18N2/c1-9-5-4-6-10(12(9)13)11-7-2-3-8-14-11/h4-6,11,14H,2-3,7-8,13H2,1H3. The van der Waals surface area contributed by atoms with Gasteiger partial charge in [-0.15, -0.1) is 0 Å². The molecule has 1 heterocycles. The third-order valence-electron chi connectivity index (χ3n) is 3.04. The van der Waals surface area contributed by atoms with Gasteiger partial charge in [-0.25, -0.2) is 0 Å². The van der Waals surface area contributed by atoms with E-state index in [1.807, 2.05) is 0 Å². The van der Waals surface area contributed by atoms with Crippen LogP contribution < -0.4 is 11.1 Å². The Morgan fingerprint density at radius 1 is 1.36 bits per heavy atom. The third-order valence-corrected chi connectivity index (χ3v) is 3.04. The summed E-state index contributed by atoms with van der Waals surface area (Å²) in [6, 6.07) is 6.79. The molecule has 0 bridgehead atoms. The van der Waals surface area contributed by atoms with Crippen molar-refractivity contribution in [3.05, 3.63) is 29.3 Å². The maximum absolute atomic E-state index is 6.07. The van der Waals surface area contributed by atoms with E-state index >= 15 is 0 Å². The normalized spacial score (nSPS) is 22.2. The maximum atomic E-state index is 6.07. The molecule has 76 valence electrons. The second-order valence-electron chi connectivity index (χ2n) is 4.08. The summed E-state index contributed by atoms with van der Waals surface area (Å²) < 4.78 is 0. The minimum absolute atomic E-state index is 0.476. The van der Waals surface area contributed by atoms with Gasteiger partial charge in [0.05, 0.1) is 0 Å². The monoisotopic (exact) mass is 190 g/mol. The lowest BCUT2D eigenvalue weighted by Crippen LogP contribution is -2.27. The van der Waals surface area contributed by atoms with Gasteiger partial charge in [-0.3, -0.25) is 0 Å². The number of aryl methyl sites for hydroxylation is 1. The van der Waals surface area contributed by atoms with Crippen LogP contribution in [-0.2, 0) is 0 Å². The number of anilines is 1. The summed E-state index contributed by atoms with van der Waals surface area (Å²) in [6.07, 6.45) is 3.82. The SMILES string of the molecule is Cc1cccc(C2CCCCN2)c1N. The van der Waals surface area contributed by atoms with Gasteiger partial charge in [0.1, 0.15) is 0 Å². The molecule has 1 aromatic rings.